The zero-order valence-corrected chi connectivity index (χ0v) is 14.8. The molecule has 0 bridgehead atoms. The molecule has 4 nitrogen and oxygen atoms in total. The van der Waals surface area contributed by atoms with Crippen LogP contribution in [0.25, 0.3) is 0 Å². The first kappa shape index (κ1) is 17.1. The van der Waals surface area contributed by atoms with Gasteiger partial charge in [0.05, 0.1) is 12.0 Å². The van der Waals surface area contributed by atoms with E-state index in [0.29, 0.717) is 0 Å². The van der Waals surface area contributed by atoms with Crippen molar-refractivity contribution in [2.75, 3.05) is 18.4 Å². The van der Waals surface area contributed by atoms with Gasteiger partial charge >= 0.3 is 0 Å². The van der Waals surface area contributed by atoms with Crippen molar-refractivity contribution in [3.63, 3.8) is 0 Å². The average Bonchev–Trinajstić information content (AvgIpc) is 3.12. The predicted molar refractivity (Wildman–Crippen MR) is 98.3 cm³/mol. The number of piperidine rings is 1. The number of para-hydroxylation sites is 1. The molecular weight excluding hydrogens is 320 g/mol. The highest BCUT2D eigenvalue weighted by Gasteiger charge is 2.20. The van der Waals surface area contributed by atoms with Crippen molar-refractivity contribution in [3.05, 3.63) is 52.2 Å². The van der Waals surface area contributed by atoms with Crippen LogP contribution in [-0.4, -0.2) is 35.1 Å². The number of rotatable bonds is 5. The molecule has 1 unspecified atom stereocenters. The lowest BCUT2D eigenvalue weighted by Crippen LogP contribution is -2.35. The summed E-state index contributed by atoms with van der Waals surface area (Å²) in [6.07, 6.45) is 1.48. The zero-order chi connectivity index (χ0) is 16.9. The molecule has 1 fully saturated rings. The first-order valence-electron chi connectivity index (χ1n) is 8.46. The monoisotopic (exact) mass is 344 g/mol. The van der Waals surface area contributed by atoms with Crippen LogP contribution in [0.4, 0.5) is 5.69 Å². The lowest BCUT2D eigenvalue weighted by Gasteiger charge is -2.30. The second-order valence-electron chi connectivity index (χ2n) is 6.39. The van der Waals surface area contributed by atoms with E-state index in [4.69, 9.17) is 0 Å². The molecule has 2 aromatic rings. The topological polar surface area (TPSA) is 52.6 Å². The van der Waals surface area contributed by atoms with Crippen LogP contribution in [0.3, 0.4) is 0 Å². The number of hydrogen-bond acceptors (Lipinski definition) is 4. The van der Waals surface area contributed by atoms with Crippen molar-refractivity contribution in [2.45, 2.75) is 38.3 Å². The fourth-order valence-corrected chi connectivity index (χ4v) is 3.79. The van der Waals surface area contributed by atoms with Crippen LogP contribution in [0.2, 0.25) is 0 Å². The third-order valence-corrected chi connectivity index (χ3v) is 5.64. The van der Waals surface area contributed by atoms with Gasteiger partial charge in [-0.05, 0) is 42.8 Å². The number of nitrogens with one attached hydrogen (secondary N) is 1. The highest BCUT2D eigenvalue weighted by molar-refractivity contribution is 7.10. The van der Waals surface area contributed by atoms with Gasteiger partial charge < -0.3 is 10.4 Å². The molecule has 1 amide bonds. The summed E-state index contributed by atoms with van der Waals surface area (Å²) >= 11 is 1.61. The Morgan fingerprint density at radius 2 is 2.04 bits per heavy atom. The highest BCUT2D eigenvalue weighted by Crippen LogP contribution is 2.25. The van der Waals surface area contributed by atoms with Gasteiger partial charge in [0, 0.05) is 30.2 Å². The summed E-state index contributed by atoms with van der Waals surface area (Å²) in [5.41, 5.74) is 2.01. The Labute approximate surface area is 147 Å². The average molecular weight is 344 g/mol. The number of carbonyl (C=O) groups excluding carboxylic acids is 1. The van der Waals surface area contributed by atoms with E-state index in [9.17, 15) is 9.90 Å². The van der Waals surface area contributed by atoms with Crippen molar-refractivity contribution in [1.29, 1.82) is 0 Å². The van der Waals surface area contributed by atoms with Gasteiger partial charge in [-0.15, -0.1) is 11.3 Å². The number of aliphatic hydroxyl groups is 1. The quantitative estimate of drug-likeness (QED) is 0.873. The van der Waals surface area contributed by atoms with E-state index in [1.165, 1.54) is 0 Å². The Bertz CT molecular complexity index is 664. The summed E-state index contributed by atoms with van der Waals surface area (Å²) in [6, 6.07) is 12.0. The maximum Gasteiger partial charge on any atom is 0.232 e. The van der Waals surface area contributed by atoms with Crippen molar-refractivity contribution in [3.8, 4) is 0 Å². The number of carbonyl (C=O) groups is 1. The maximum atomic E-state index is 12.5. The SMILES string of the molecule is CC(C(=O)Nc1ccccc1CN1CCC(O)CC1)c1cccs1. The van der Waals surface area contributed by atoms with Crippen LogP contribution < -0.4 is 5.32 Å². The van der Waals surface area contributed by atoms with Gasteiger partial charge in [0.15, 0.2) is 0 Å². The lowest BCUT2D eigenvalue weighted by atomic mass is 10.1. The molecular formula is C19H24N2O2S. The third-order valence-electron chi connectivity index (χ3n) is 4.59. The molecule has 1 aromatic carbocycles. The van der Waals surface area contributed by atoms with Crippen molar-refractivity contribution < 1.29 is 9.90 Å². The van der Waals surface area contributed by atoms with Crippen molar-refractivity contribution in [1.82, 2.24) is 4.90 Å². The molecule has 0 spiro atoms. The first-order chi connectivity index (χ1) is 11.6. The van der Waals surface area contributed by atoms with Gasteiger partial charge in [-0.2, -0.15) is 0 Å². The Balaban J connectivity index is 1.66. The van der Waals surface area contributed by atoms with Crippen LogP contribution in [0.1, 0.15) is 36.1 Å². The minimum atomic E-state index is -0.164. The number of benzene rings is 1. The van der Waals surface area contributed by atoms with E-state index < -0.39 is 0 Å². The third kappa shape index (κ3) is 4.23. The second-order valence-corrected chi connectivity index (χ2v) is 7.37. The van der Waals surface area contributed by atoms with E-state index in [-0.39, 0.29) is 17.9 Å². The van der Waals surface area contributed by atoms with Crippen LogP contribution in [0, 0.1) is 0 Å². The van der Waals surface area contributed by atoms with Crippen LogP contribution in [0.5, 0.6) is 0 Å². The minimum absolute atomic E-state index is 0.0268. The van der Waals surface area contributed by atoms with Crippen LogP contribution in [0.15, 0.2) is 41.8 Å². The molecule has 0 saturated carbocycles. The zero-order valence-electron chi connectivity index (χ0n) is 13.9. The fourth-order valence-electron chi connectivity index (χ4n) is 3.01. The van der Waals surface area contributed by atoms with Crippen LogP contribution in [-0.2, 0) is 11.3 Å². The number of anilines is 1. The van der Waals surface area contributed by atoms with Crippen molar-refractivity contribution in [2.24, 2.45) is 0 Å². The Kier molecular flexibility index (Phi) is 5.66. The summed E-state index contributed by atoms with van der Waals surface area (Å²) in [5, 5.41) is 14.7. The van der Waals surface area contributed by atoms with Gasteiger partial charge in [-0.25, -0.2) is 0 Å². The number of nitrogens with zero attached hydrogens (tertiary/aromatic N) is 1. The fraction of sp³-hybridized carbons (Fsp3) is 0.421. The number of thiophene rings is 1. The molecule has 1 aliphatic rings. The largest absolute Gasteiger partial charge is 0.393 e. The Hall–Kier alpha value is -1.69. The molecule has 2 N–H and O–H groups in total. The van der Waals surface area contributed by atoms with E-state index >= 15 is 0 Å². The molecule has 2 heterocycles. The standard InChI is InChI=1S/C19H24N2O2S/c1-14(18-7-4-12-24-18)19(23)20-17-6-3-2-5-15(17)13-21-10-8-16(22)9-11-21/h2-7,12,14,16,22H,8-11,13H2,1H3,(H,20,23). The number of amides is 1. The van der Waals surface area contributed by atoms with E-state index in [1.54, 1.807) is 11.3 Å². The maximum absolute atomic E-state index is 12.5. The van der Waals surface area contributed by atoms with Gasteiger partial charge in [0.2, 0.25) is 5.91 Å². The minimum Gasteiger partial charge on any atom is -0.393 e. The van der Waals surface area contributed by atoms with Crippen LogP contribution >= 0.6 is 11.3 Å². The molecule has 1 saturated heterocycles. The normalized spacial score (nSPS) is 17.6. The summed E-state index contributed by atoms with van der Waals surface area (Å²) in [7, 11) is 0. The lowest BCUT2D eigenvalue weighted by molar-refractivity contribution is -0.117. The molecule has 0 radical (unpaired) electrons. The van der Waals surface area contributed by atoms with E-state index in [0.717, 1.165) is 48.6 Å². The smallest absolute Gasteiger partial charge is 0.232 e. The Morgan fingerprint density at radius 1 is 1.29 bits per heavy atom. The molecule has 128 valence electrons. The van der Waals surface area contributed by atoms with E-state index in [2.05, 4.69) is 16.3 Å². The molecule has 1 aliphatic heterocycles. The summed E-state index contributed by atoms with van der Waals surface area (Å²) in [5.74, 6) is -0.123. The van der Waals surface area contributed by atoms with Gasteiger partial charge in [-0.3, -0.25) is 9.69 Å². The molecule has 1 atom stereocenters. The number of aliphatic hydroxyl groups excluding tert-OH is 1. The molecule has 1 aromatic heterocycles. The summed E-state index contributed by atoms with van der Waals surface area (Å²) in [4.78, 5) is 16.0. The van der Waals surface area contributed by atoms with Crippen molar-refractivity contribution >= 4 is 22.9 Å². The second kappa shape index (κ2) is 7.92. The molecule has 0 aliphatic carbocycles. The van der Waals surface area contributed by atoms with E-state index in [1.807, 2.05) is 42.6 Å². The Morgan fingerprint density at radius 3 is 2.75 bits per heavy atom. The first-order valence-corrected chi connectivity index (χ1v) is 9.34. The number of likely N-dealkylation sites (tertiary alicyclic amines) is 1. The van der Waals surface area contributed by atoms with Gasteiger partial charge in [0.1, 0.15) is 0 Å². The number of hydrogen-bond donors (Lipinski definition) is 2. The van der Waals surface area contributed by atoms with Gasteiger partial charge in [-0.1, -0.05) is 24.3 Å². The summed E-state index contributed by atoms with van der Waals surface area (Å²) in [6.45, 7) is 4.54. The summed E-state index contributed by atoms with van der Waals surface area (Å²) < 4.78 is 0. The molecule has 5 heteroatoms. The predicted octanol–water partition coefficient (Wildman–Crippen LogP) is 3.45. The highest BCUT2D eigenvalue weighted by atomic mass is 32.1. The molecule has 24 heavy (non-hydrogen) atoms. The molecule has 3 rings (SSSR count). The van der Waals surface area contributed by atoms with Gasteiger partial charge in [0.25, 0.3) is 0 Å².